The van der Waals surface area contributed by atoms with Gasteiger partial charge in [0.15, 0.2) is 0 Å². The van der Waals surface area contributed by atoms with Crippen LogP contribution in [0.25, 0.3) is 0 Å². The highest BCUT2D eigenvalue weighted by Gasteiger charge is 2.08. The topological polar surface area (TPSA) is 47.6 Å². The zero-order valence-electron chi connectivity index (χ0n) is 10.5. The molecule has 0 aliphatic carbocycles. The number of hydrogen-bond acceptors (Lipinski definition) is 5. The molecule has 0 rings (SSSR count). The molecule has 0 aliphatic rings. The predicted octanol–water partition coefficient (Wildman–Crippen LogP) is 1.30. The van der Waals surface area contributed by atoms with Crippen LogP contribution in [0.1, 0.15) is 19.8 Å². The van der Waals surface area contributed by atoms with Gasteiger partial charge in [0.2, 0.25) is 0 Å². The number of nitrogens with one attached hydrogen (secondary N) is 1. The van der Waals surface area contributed by atoms with Gasteiger partial charge >= 0.3 is 5.97 Å². The Morgan fingerprint density at radius 3 is 2.75 bits per heavy atom. The molecule has 4 nitrogen and oxygen atoms in total. The minimum Gasteiger partial charge on any atom is -0.469 e. The molecule has 1 N–H and O–H groups in total. The molecule has 0 heterocycles. The second-order valence-corrected chi connectivity index (χ2v) is 4.66. The van der Waals surface area contributed by atoms with Crippen molar-refractivity contribution in [2.24, 2.45) is 0 Å². The normalized spacial score (nSPS) is 12.4. The van der Waals surface area contributed by atoms with E-state index in [1.807, 2.05) is 0 Å². The molecule has 0 radical (unpaired) electrons. The average molecular weight is 249 g/mol. The second kappa shape index (κ2) is 11.2. The largest absolute Gasteiger partial charge is 0.469 e. The minimum absolute atomic E-state index is 0.141. The fourth-order valence-corrected chi connectivity index (χ4v) is 2.18. The molecule has 0 bridgehead atoms. The highest BCUT2D eigenvalue weighted by Crippen LogP contribution is 2.06. The smallest absolute Gasteiger partial charge is 0.306 e. The van der Waals surface area contributed by atoms with Gasteiger partial charge in [-0.05, 0) is 13.0 Å². The summed E-state index contributed by atoms with van der Waals surface area (Å²) in [6.45, 7) is 3.86. The Hall–Kier alpha value is -0.260. The lowest BCUT2D eigenvalue weighted by atomic mass is 10.3. The first-order valence-electron chi connectivity index (χ1n) is 5.61. The van der Waals surface area contributed by atoms with E-state index in [9.17, 15) is 4.79 Å². The monoisotopic (exact) mass is 249 g/mol. The van der Waals surface area contributed by atoms with E-state index in [1.54, 1.807) is 18.9 Å². The summed E-state index contributed by atoms with van der Waals surface area (Å²) in [4.78, 5) is 10.9. The number of esters is 1. The van der Waals surface area contributed by atoms with Crippen LogP contribution in [0.2, 0.25) is 0 Å². The third-order valence-corrected chi connectivity index (χ3v) is 3.18. The molecule has 0 aromatic heterocycles. The second-order valence-electron chi connectivity index (χ2n) is 3.51. The van der Waals surface area contributed by atoms with Crippen molar-refractivity contribution in [2.45, 2.75) is 25.8 Å². The van der Waals surface area contributed by atoms with Crippen LogP contribution in [0.3, 0.4) is 0 Å². The number of carbonyl (C=O) groups excluding carboxylic acids is 1. The molecule has 1 unspecified atom stereocenters. The van der Waals surface area contributed by atoms with Gasteiger partial charge in [-0.3, -0.25) is 4.79 Å². The van der Waals surface area contributed by atoms with Gasteiger partial charge in [-0.1, -0.05) is 6.92 Å². The van der Waals surface area contributed by atoms with Crippen molar-refractivity contribution in [3.8, 4) is 0 Å². The molecule has 96 valence electrons. The van der Waals surface area contributed by atoms with E-state index >= 15 is 0 Å². The van der Waals surface area contributed by atoms with Crippen LogP contribution in [0.15, 0.2) is 0 Å². The number of ether oxygens (including phenoxy) is 2. The summed E-state index contributed by atoms with van der Waals surface area (Å²) in [5.41, 5.74) is 0. The van der Waals surface area contributed by atoms with Gasteiger partial charge < -0.3 is 14.8 Å². The Kier molecular flexibility index (Phi) is 11.0. The molecule has 1 atom stereocenters. The van der Waals surface area contributed by atoms with E-state index in [0.717, 1.165) is 24.5 Å². The average Bonchev–Trinajstić information content (AvgIpc) is 2.30. The van der Waals surface area contributed by atoms with Gasteiger partial charge in [-0.2, -0.15) is 11.8 Å². The van der Waals surface area contributed by atoms with Gasteiger partial charge in [-0.15, -0.1) is 0 Å². The lowest BCUT2D eigenvalue weighted by Gasteiger charge is -2.16. The van der Waals surface area contributed by atoms with Crippen LogP contribution >= 0.6 is 11.8 Å². The maximum absolute atomic E-state index is 10.9. The molecule has 0 saturated carbocycles. The molecular formula is C11H23NO3S. The molecule has 0 aromatic rings. The number of carbonyl (C=O) groups is 1. The summed E-state index contributed by atoms with van der Waals surface area (Å²) >= 11 is 1.75. The van der Waals surface area contributed by atoms with Gasteiger partial charge in [0.1, 0.15) is 0 Å². The highest BCUT2D eigenvalue weighted by molar-refractivity contribution is 7.99. The Balaban J connectivity index is 3.54. The van der Waals surface area contributed by atoms with Crippen molar-refractivity contribution in [2.75, 3.05) is 38.9 Å². The van der Waals surface area contributed by atoms with Gasteiger partial charge in [-0.25, -0.2) is 0 Å². The molecule has 0 aliphatic heterocycles. The Morgan fingerprint density at radius 2 is 2.19 bits per heavy atom. The first kappa shape index (κ1) is 15.7. The van der Waals surface area contributed by atoms with E-state index in [2.05, 4.69) is 17.0 Å². The van der Waals surface area contributed by atoms with Crippen LogP contribution in [0.4, 0.5) is 0 Å². The Labute approximate surface area is 102 Å². The first-order chi connectivity index (χ1) is 7.74. The standard InChI is InChI=1S/C11H23NO3S/c1-4-6-12-10(8-14-2)9-16-7-5-11(13)15-3/h10,12H,4-9H2,1-3H3. The molecule has 5 heteroatoms. The van der Waals surface area contributed by atoms with Crippen LogP contribution in [-0.2, 0) is 14.3 Å². The maximum atomic E-state index is 10.9. The lowest BCUT2D eigenvalue weighted by Crippen LogP contribution is -2.36. The highest BCUT2D eigenvalue weighted by atomic mass is 32.2. The zero-order valence-corrected chi connectivity index (χ0v) is 11.3. The number of methoxy groups -OCH3 is 2. The molecule has 16 heavy (non-hydrogen) atoms. The van der Waals surface area contributed by atoms with E-state index in [1.165, 1.54) is 7.11 Å². The molecule has 0 spiro atoms. The van der Waals surface area contributed by atoms with Crippen molar-refractivity contribution in [3.63, 3.8) is 0 Å². The molecule has 0 fully saturated rings. The Bertz CT molecular complexity index is 179. The van der Waals surface area contributed by atoms with E-state index in [4.69, 9.17) is 4.74 Å². The van der Waals surface area contributed by atoms with Crippen LogP contribution in [0, 0.1) is 0 Å². The molecule has 0 aromatic carbocycles. The van der Waals surface area contributed by atoms with Crippen molar-refractivity contribution >= 4 is 17.7 Å². The summed E-state index contributed by atoms with van der Waals surface area (Å²) in [6, 6.07) is 0.368. The summed E-state index contributed by atoms with van der Waals surface area (Å²) in [7, 11) is 3.13. The van der Waals surface area contributed by atoms with Crippen LogP contribution in [-0.4, -0.2) is 50.9 Å². The van der Waals surface area contributed by atoms with E-state index < -0.39 is 0 Å². The van der Waals surface area contributed by atoms with Crippen molar-refractivity contribution in [3.05, 3.63) is 0 Å². The van der Waals surface area contributed by atoms with Crippen LogP contribution < -0.4 is 5.32 Å². The fraction of sp³-hybridized carbons (Fsp3) is 0.909. The van der Waals surface area contributed by atoms with Crippen molar-refractivity contribution in [1.29, 1.82) is 0 Å². The third kappa shape index (κ3) is 9.00. The third-order valence-electron chi connectivity index (χ3n) is 2.05. The van der Waals surface area contributed by atoms with Crippen molar-refractivity contribution in [1.82, 2.24) is 5.32 Å². The number of rotatable bonds is 10. The van der Waals surface area contributed by atoms with E-state index in [-0.39, 0.29) is 5.97 Å². The lowest BCUT2D eigenvalue weighted by molar-refractivity contribution is -0.140. The quantitative estimate of drug-likeness (QED) is 0.467. The van der Waals surface area contributed by atoms with E-state index in [0.29, 0.717) is 19.1 Å². The number of hydrogen-bond donors (Lipinski definition) is 1. The molecule has 0 amide bonds. The van der Waals surface area contributed by atoms with Crippen LogP contribution in [0.5, 0.6) is 0 Å². The predicted molar refractivity (Wildman–Crippen MR) is 67.9 cm³/mol. The van der Waals surface area contributed by atoms with Gasteiger partial charge in [0.05, 0.1) is 20.1 Å². The zero-order chi connectivity index (χ0) is 12.2. The minimum atomic E-state index is -0.141. The Morgan fingerprint density at radius 1 is 1.44 bits per heavy atom. The van der Waals surface area contributed by atoms with Crippen molar-refractivity contribution < 1.29 is 14.3 Å². The summed E-state index contributed by atoms with van der Waals surface area (Å²) in [5.74, 6) is 1.63. The fourth-order valence-electron chi connectivity index (χ4n) is 1.20. The molecular weight excluding hydrogens is 226 g/mol. The number of thioether (sulfide) groups is 1. The molecule has 0 saturated heterocycles. The maximum Gasteiger partial charge on any atom is 0.306 e. The summed E-state index contributed by atoms with van der Waals surface area (Å²) in [5, 5.41) is 3.41. The summed E-state index contributed by atoms with van der Waals surface area (Å²) in [6.07, 6.45) is 1.60. The SMILES string of the molecule is CCCNC(COC)CSCCC(=O)OC. The van der Waals surface area contributed by atoms with Gasteiger partial charge in [0, 0.05) is 24.7 Å². The van der Waals surface area contributed by atoms with Gasteiger partial charge in [0.25, 0.3) is 0 Å². The summed E-state index contributed by atoms with van der Waals surface area (Å²) < 4.78 is 9.71. The first-order valence-corrected chi connectivity index (χ1v) is 6.76.